The molecule has 0 atom stereocenters. The molecule has 0 aliphatic rings. The van der Waals surface area contributed by atoms with Crippen molar-refractivity contribution in [1.82, 2.24) is 15.2 Å². The van der Waals surface area contributed by atoms with Crippen LogP contribution >= 0.6 is 11.6 Å². The van der Waals surface area contributed by atoms with Gasteiger partial charge in [-0.25, -0.2) is 0 Å². The molecule has 3 N–H and O–H groups in total. The Morgan fingerprint density at radius 3 is 2.43 bits per heavy atom. The van der Waals surface area contributed by atoms with E-state index in [4.69, 9.17) is 17.3 Å². The maximum Gasteiger partial charge on any atom is 0.258 e. The first-order chi connectivity index (χ1) is 13.5. The average molecular weight is 397 g/mol. The van der Waals surface area contributed by atoms with Crippen molar-refractivity contribution >= 4 is 34.9 Å². The van der Waals surface area contributed by atoms with Gasteiger partial charge in [-0.2, -0.15) is 0 Å². The SMILES string of the molecule is CN(C(=O)c1ccncc1)c1ccc(CNc2nnc(Cl)cc2C(N)=O)cc1. The number of aromatic nitrogens is 3. The smallest absolute Gasteiger partial charge is 0.258 e. The molecule has 3 aromatic rings. The number of halogens is 1. The summed E-state index contributed by atoms with van der Waals surface area (Å²) in [7, 11) is 1.71. The normalized spacial score (nSPS) is 10.4. The number of nitrogens with zero attached hydrogens (tertiary/aromatic N) is 4. The zero-order valence-electron chi connectivity index (χ0n) is 15.0. The third-order valence-corrected chi connectivity index (χ3v) is 4.23. The van der Waals surface area contributed by atoms with Gasteiger partial charge < -0.3 is 16.0 Å². The van der Waals surface area contributed by atoms with E-state index >= 15 is 0 Å². The van der Waals surface area contributed by atoms with Gasteiger partial charge in [-0.05, 0) is 35.9 Å². The van der Waals surface area contributed by atoms with E-state index in [0.29, 0.717) is 12.1 Å². The van der Waals surface area contributed by atoms with Gasteiger partial charge in [0.05, 0.1) is 5.56 Å². The van der Waals surface area contributed by atoms with E-state index in [-0.39, 0.29) is 22.4 Å². The van der Waals surface area contributed by atoms with Gasteiger partial charge in [-0.1, -0.05) is 23.7 Å². The van der Waals surface area contributed by atoms with Crippen LogP contribution in [0.25, 0.3) is 0 Å². The van der Waals surface area contributed by atoms with Crippen LogP contribution in [0.4, 0.5) is 11.5 Å². The van der Waals surface area contributed by atoms with Crippen molar-refractivity contribution in [3.05, 3.63) is 76.7 Å². The number of carbonyl (C=O) groups is 2. The van der Waals surface area contributed by atoms with E-state index in [0.717, 1.165) is 11.3 Å². The Morgan fingerprint density at radius 1 is 1.11 bits per heavy atom. The van der Waals surface area contributed by atoms with Gasteiger partial charge in [0.25, 0.3) is 11.8 Å². The van der Waals surface area contributed by atoms with Crippen molar-refractivity contribution in [3.8, 4) is 0 Å². The van der Waals surface area contributed by atoms with Crippen LogP contribution in [-0.4, -0.2) is 34.0 Å². The summed E-state index contributed by atoms with van der Waals surface area (Å²) in [5, 5.41) is 10.7. The number of hydrogen-bond acceptors (Lipinski definition) is 6. The van der Waals surface area contributed by atoms with Crippen molar-refractivity contribution in [2.45, 2.75) is 6.54 Å². The minimum Gasteiger partial charge on any atom is -0.365 e. The lowest BCUT2D eigenvalue weighted by atomic mass is 10.1. The molecule has 0 fully saturated rings. The van der Waals surface area contributed by atoms with E-state index in [1.807, 2.05) is 24.3 Å². The maximum absolute atomic E-state index is 12.5. The highest BCUT2D eigenvalue weighted by Gasteiger charge is 2.14. The van der Waals surface area contributed by atoms with Crippen LogP contribution in [0, 0.1) is 0 Å². The standard InChI is InChI=1S/C19H17ClN6O2/c1-26(19(28)13-6-8-22-9-7-13)14-4-2-12(3-5-14)11-23-18-15(17(21)27)10-16(20)24-25-18/h2-10H,11H2,1H3,(H2,21,27)(H,23,25). The number of hydrogen-bond donors (Lipinski definition) is 2. The molecule has 0 spiro atoms. The van der Waals surface area contributed by atoms with Crippen LogP contribution in [0.1, 0.15) is 26.3 Å². The van der Waals surface area contributed by atoms with Crippen LogP contribution < -0.4 is 16.0 Å². The highest BCUT2D eigenvalue weighted by atomic mass is 35.5. The molecule has 28 heavy (non-hydrogen) atoms. The molecule has 0 aliphatic carbocycles. The van der Waals surface area contributed by atoms with Gasteiger partial charge in [-0.15, -0.1) is 10.2 Å². The first-order valence-corrected chi connectivity index (χ1v) is 8.67. The lowest BCUT2D eigenvalue weighted by molar-refractivity contribution is 0.0988. The summed E-state index contributed by atoms with van der Waals surface area (Å²) in [5.74, 6) is -0.521. The summed E-state index contributed by atoms with van der Waals surface area (Å²) in [4.78, 5) is 29.5. The molecule has 142 valence electrons. The van der Waals surface area contributed by atoms with Gasteiger partial charge in [0.15, 0.2) is 11.0 Å². The largest absolute Gasteiger partial charge is 0.365 e. The van der Waals surface area contributed by atoms with Gasteiger partial charge in [0.1, 0.15) is 0 Å². The molecule has 2 amide bonds. The quantitative estimate of drug-likeness (QED) is 0.661. The maximum atomic E-state index is 12.5. The second kappa shape index (κ2) is 8.45. The first-order valence-electron chi connectivity index (χ1n) is 8.29. The molecule has 8 nitrogen and oxygen atoms in total. The third-order valence-electron chi connectivity index (χ3n) is 4.05. The molecule has 9 heteroatoms. The second-order valence-electron chi connectivity index (χ2n) is 5.91. The van der Waals surface area contributed by atoms with Crippen molar-refractivity contribution in [3.63, 3.8) is 0 Å². The third kappa shape index (κ3) is 4.41. The van der Waals surface area contributed by atoms with Crippen molar-refractivity contribution < 1.29 is 9.59 Å². The lowest BCUT2D eigenvalue weighted by Crippen LogP contribution is -2.26. The van der Waals surface area contributed by atoms with E-state index < -0.39 is 5.91 Å². The number of rotatable bonds is 6. The zero-order chi connectivity index (χ0) is 20.1. The number of nitrogens with two attached hydrogens (primary N) is 1. The van der Waals surface area contributed by atoms with E-state index in [1.54, 1.807) is 36.5 Å². The fourth-order valence-electron chi connectivity index (χ4n) is 2.51. The number of nitrogens with one attached hydrogen (secondary N) is 1. The van der Waals surface area contributed by atoms with Crippen molar-refractivity contribution in [2.75, 3.05) is 17.3 Å². The lowest BCUT2D eigenvalue weighted by Gasteiger charge is -2.18. The predicted molar refractivity (Wildman–Crippen MR) is 106 cm³/mol. The molecule has 0 saturated carbocycles. The Hall–Kier alpha value is -3.52. The van der Waals surface area contributed by atoms with E-state index in [9.17, 15) is 9.59 Å². The molecule has 0 unspecified atom stereocenters. The molecule has 3 rings (SSSR count). The Bertz CT molecular complexity index is 995. The van der Waals surface area contributed by atoms with E-state index in [1.165, 1.54) is 6.07 Å². The summed E-state index contributed by atoms with van der Waals surface area (Å²) >= 11 is 5.75. The predicted octanol–water partition coefficient (Wildman–Crippen LogP) is 2.51. The Labute approximate surface area is 166 Å². The van der Waals surface area contributed by atoms with Gasteiger partial charge >= 0.3 is 0 Å². The molecule has 0 bridgehead atoms. The Balaban J connectivity index is 1.68. The van der Waals surface area contributed by atoms with Crippen LogP contribution in [0.2, 0.25) is 5.15 Å². The van der Waals surface area contributed by atoms with Gasteiger partial charge in [-0.3, -0.25) is 14.6 Å². The highest BCUT2D eigenvalue weighted by molar-refractivity contribution is 6.29. The molecule has 2 heterocycles. The summed E-state index contributed by atoms with van der Waals surface area (Å²) < 4.78 is 0. The number of carbonyl (C=O) groups excluding carboxylic acids is 2. The Kier molecular flexibility index (Phi) is 5.81. The molecular formula is C19H17ClN6O2. The van der Waals surface area contributed by atoms with Gasteiger partial charge in [0, 0.05) is 37.2 Å². The highest BCUT2D eigenvalue weighted by Crippen LogP contribution is 2.19. The number of anilines is 2. The summed E-state index contributed by atoms with van der Waals surface area (Å²) in [6, 6.07) is 12.1. The number of benzene rings is 1. The fraction of sp³-hybridized carbons (Fsp3) is 0.105. The van der Waals surface area contributed by atoms with Gasteiger partial charge in [0.2, 0.25) is 0 Å². The summed E-state index contributed by atoms with van der Waals surface area (Å²) in [6.45, 7) is 0.388. The Morgan fingerprint density at radius 2 is 1.79 bits per heavy atom. The molecular weight excluding hydrogens is 380 g/mol. The van der Waals surface area contributed by atoms with E-state index in [2.05, 4.69) is 20.5 Å². The number of amides is 2. The monoisotopic (exact) mass is 396 g/mol. The van der Waals surface area contributed by atoms with Crippen molar-refractivity contribution in [2.24, 2.45) is 5.73 Å². The van der Waals surface area contributed by atoms with Crippen LogP contribution in [0.3, 0.4) is 0 Å². The number of pyridine rings is 1. The molecule has 1 aromatic carbocycles. The zero-order valence-corrected chi connectivity index (χ0v) is 15.7. The second-order valence-corrected chi connectivity index (χ2v) is 6.30. The molecule has 0 aliphatic heterocycles. The summed E-state index contributed by atoms with van der Waals surface area (Å²) in [5.41, 5.74) is 7.72. The summed E-state index contributed by atoms with van der Waals surface area (Å²) in [6.07, 6.45) is 3.16. The minimum atomic E-state index is -0.647. The molecule has 0 radical (unpaired) electrons. The number of primary amides is 1. The van der Waals surface area contributed by atoms with Crippen LogP contribution in [0.5, 0.6) is 0 Å². The molecule has 0 saturated heterocycles. The van der Waals surface area contributed by atoms with Crippen molar-refractivity contribution in [1.29, 1.82) is 0 Å². The molecule has 2 aromatic heterocycles. The topological polar surface area (TPSA) is 114 Å². The van der Waals surface area contributed by atoms with Crippen LogP contribution in [0.15, 0.2) is 54.9 Å². The van der Waals surface area contributed by atoms with Crippen LogP contribution in [-0.2, 0) is 6.54 Å². The fourth-order valence-corrected chi connectivity index (χ4v) is 2.66. The average Bonchev–Trinajstić information content (AvgIpc) is 2.72. The minimum absolute atomic E-state index is 0.0885. The first kappa shape index (κ1) is 19.2.